The maximum atomic E-state index is 12.8. The third kappa shape index (κ3) is 4.99. The van der Waals surface area contributed by atoms with Gasteiger partial charge in [-0.3, -0.25) is 4.79 Å². The lowest BCUT2D eigenvalue weighted by atomic mass is 10.1. The first-order valence-corrected chi connectivity index (χ1v) is 9.22. The van der Waals surface area contributed by atoms with E-state index in [1.807, 2.05) is 0 Å². The summed E-state index contributed by atoms with van der Waals surface area (Å²) in [5.74, 6) is 0.110. The van der Waals surface area contributed by atoms with Gasteiger partial charge in [-0.15, -0.1) is 0 Å². The van der Waals surface area contributed by atoms with Crippen LogP contribution in [0.2, 0.25) is 5.02 Å². The quantitative estimate of drug-likeness (QED) is 0.589. The molecule has 1 amide bonds. The number of anilines is 2. The molecule has 0 unspecified atom stereocenters. The van der Waals surface area contributed by atoms with Crippen LogP contribution in [-0.2, 0) is 12.7 Å². The van der Waals surface area contributed by atoms with E-state index in [1.54, 1.807) is 19.1 Å². The summed E-state index contributed by atoms with van der Waals surface area (Å²) in [6.07, 6.45) is -2.95. The molecule has 2 aromatic heterocycles. The summed E-state index contributed by atoms with van der Waals surface area (Å²) in [5, 5.41) is 6.57. The Morgan fingerprint density at radius 1 is 1.25 bits per heavy atom. The molecule has 0 saturated carbocycles. The number of nitrogens with zero attached hydrogens (tertiary/aromatic N) is 2. The first-order valence-electron chi connectivity index (χ1n) is 8.03. The highest BCUT2D eigenvalue weighted by molar-refractivity contribution is 7.17. The van der Waals surface area contributed by atoms with E-state index in [1.165, 1.54) is 18.3 Å². The summed E-state index contributed by atoms with van der Waals surface area (Å²) in [4.78, 5) is 21.1. The normalized spacial score (nSPS) is 11.3. The van der Waals surface area contributed by atoms with Crippen molar-refractivity contribution in [2.45, 2.75) is 19.6 Å². The Morgan fingerprint density at radius 2 is 2.04 bits per heavy atom. The first-order chi connectivity index (χ1) is 13.2. The third-order valence-corrected chi connectivity index (χ3v) is 4.97. The number of aryl methyl sites for hydroxylation is 1. The Hall–Kier alpha value is -2.65. The van der Waals surface area contributed by atoms with E-state index in [9.17, 15) is 18.0 Å². The fraction of sp³-hybridized carbons (Fsp3) is 0.167. The van der Waals surface area contributed by atoms with Gasteiger partial charge in [0, 0.05) is 12.7 Å². The van der Waals surface area contributed by atoms with Crippen LogP contribution in [0.5, 0.6) is 0 Å². The standard InChI is InChI=1S/C18H14ClF3N4OS/c1-10-15(28-17(25-10)26-14-6-5-13(19)9-23-14)16(27)24-8-11-3-2-4-12(7-11)18(20,21)22/h2-7,9H,8H2,1H3,(H,24,27)(H,23,25,26). The van der Waals surface area contributed by atoms with Gasteiger partial charge in [-0.25, -0.2) is 9.97 Å². The third-order valence-electron chi connectivity index (χ3n) is 3.67. The van der Waals surface area contributed by atoms with Crippen molar-refractivity contribution in [1.29, 1.82) is 0 Å². The number of alkyl halides is 3. The van der Waals surface area contributed by atoms with E-state index >= 15 is 0 Å². The molecule has 28 heavy (non-hydrogen) atoms. The largest absolute Gasteiger partial charge is 0.416 e. The molecule has 3 rings (SSSR count). The smallest absolute Gasteiger partial charge is 0.347 e. The van der Waals surface area contributed by atoms with Gasteiger partial charge < -0.3 is 10.6 Å². The minimum Gasteiger partial charge on any atom is -0.347 e. The van der Waals surface area contributed by atoms with Crippen LogP contribution in [0.15, 0.2) is 42.6 Å². The molecule has 0 fully saturated rings. The molecule has 0 bridgehead atoms. The van der Waals surface area contributed by atoms with Gasteiger partial charge in [0.1, 0.15) is 10.7 Å². The monoisotopic (exact) mass is 426 g/mol. The van der Waals surface area contributed by atoms with Crippen LogP contribution in [0.3, 0.4) is 0 Å². The average molecular weight is 427 g/mol. The minimum atomic E-state index is -4.43. The van der Waals surface area contributed by atoms with Gasteiger partial charge in [0.25, 0.3) is 5.91 Å². The highest BCUT2D eigenvalue weighted by Crippen LogP contribution is 2.29. The summed E-state index contributed by atoms with van der Waals surface area (Å²) >= 11 is 6.91. The van der Waals surface area contributed by atoms with E-state index in [2.05, 4.69) is 20.6 Å². The van der Waals surface area contributed by atoms with E-state index in [-0.39, 0.29) is 6.54 Å². The summed E-state index contributed by atoms with van der Waals surface area (Å²) in [6, 6.07) is 8.17. The van der Waals surface area contributed by atoms with Crippen LogP contribution in [0.25, 0.3) is 0 Å². The summed E-state index contributed by atoms with van der Waals surface area (Å²) in [7, 11) is 0. The number of nitrogens with one attached hydrogen (secondary N) is 2. The van der Waals surface area contributed by atoms with E-state index in [0.29, 0.717) is 32.1 Å². The zero-order chi connectivity index (χ0) is 20.3. The molecule has 0 aliphatic rings. The van der Waals surface area contributed by atoms with Crippen molar-refractivity contribution in [3.8, 4) is 0 Å². The number of pyridine rings is 1. The maximum Gasteiger partial charge on any atom is 0.416 e. The fourth-order valence-corrected chi connectivity index (χ4v) is 3.34. The van der Waals surface area contributed by atoms with Crippen LogP contribution in [-0.4, -0.2) is 15.9 Å². The van der Waals surface area contributed by atoms with Crippen molar-refractivity contribution in [1.82, 2.24) is 15.3 Å². The van der Waals surface area contributed by atoms with Crippen LogP contribution >= 0.6 is 22.9 Å². The van der Waals surface area contributed by atoms with Crippen LogP contribution < -0.4 is 10.6 Å². The second-order valence-corrected chi connectivity index (χ2v) is 7.24. The summed E-state index contributed by atoms with van der Waals surface area (Å²) in [6.45, 7) is 1.65. The predicted octanol–water partition coefficient (Wildman–Crippen LogP) is 5.19. The van der Waals surface area contributed by atoms with Gasteiger partial charge in [-0.2, -0.15) is 13.2 Å². The number of carbonyl (C=O) groups excluding carboxylic acids is 1. The summed E-state index contributed by atoms with van der Waals surface area (Å²) in [5.41, 5.74) is 0.104. The molecular formula is C18H14ClF3N4OS. The first kappa shape index (κ1) is 20.1. The predicted molar refractivity (Wildman–Crippen MR) is 102 cm³/mol. The number of hydrogen-bond donors (Lipinski definition) is 2. The number of carbonyl (C=O) groups is 1. The Bertz CT molecular complexity index is 989. The Balaban J connectivity index is 1.66. The molecule has 0 saturated heterocycles. The number of hydrogen-bond acceptors (Lipinski definition) is 5. The number of amides is 1. The highest BCUT2D eigenvalue weighted by Gasteiger charge is 2.30. The van der Waals surface area contributed by atoms with Gasteiger partial charge in [0.15, 0.2) is 5.13 Å². The molecule has 3 aromatic rings. The second kappa shape index (κ2) is 8.15. The van der Waals surface area contributed by atoms with Crippen molar-refractivity contribution in [3.05, 3.63) is 69.3 Å². The van der Waals surface area contributed by atoms with Gasteiger partial charge in [-0.05, 0) is 36.8 Å². The molecule has 0 spiro atoms. The molecule has 0 aliphatic heterocycles. The van der Waals surface area contributed by atoms with Crippen molar-refractivity contribution in [3.63, 3.8) is 0 Å². The van der Waals surface area contributed by atoms with Crippen LogP contribution in [0.4, 0.5) is 24.1 Å². The number of aromatic nitrogens is 2. The Morgan fingerprint density at radius 3 is 2.71 bits per heavy atom. The molecule has 1 aromatic carbocycles. The van der Waals surface area contributed by atoms with Crippen molar-refractivity contribution >= 4 is 39.8 Å². The van der Waals surface area contributed by atoms with Gasteiger partial charge in [0.2, 0.25) is 0 Å². The molecular weight excluding hydrogens is 413 g/mol. The maximum absolute atomic E-state index is 12.8. The van der Waals surface area contributed by atoms with Crippen LogP contribution in [0, 0.1) is 6.92 Å². The number of halogens is 4. The van der Waals surface area contributed by atoms with E-state index in [4.69, 9.17) is 11.6 Å². The van der Waals surface area contributed by atoms with Crippen molar-refractivity contribution < 1.29 is 18.0 Å². The number of rotatable bonds is 5. The van der Waals surface area contributed by atoms with Gasteiger partial charge in [-0.1, -0.05) is 35.1 Å². The van der Waals surface area contributed by atoms with Crippen molar-refractivity contribution in [2.75, 3.05) is 5.32 Å². The molecule has 2 N–H and O–H groups in total. The fourth-order valence-electron chi connectivity index (χ4n) is 2.34. The molecule has 10 heteroatoms. The number of benzene rings is 1. The lowest BCUT2D eigenvalue weighted by Crippen LogP contribution is -2.22. The molecule has 2 heterocycles. The zero-order valence-corrected chi connectivity index (χ0v) is 16.0. The number of thiazole rings is 1. The second-order valence-electron chi connectivity index (χ2n) is 5.80. The Labute approximate surface area is 167 Å². The lowest BCUT2D eigenvalue weighted by molar-refractivity contribution is -0.137. The van der Waals surface area contributed by atoms with Gasteiger partial charge in [0.05, 0.1) is 16.3 Å². The molecule has 5 nitrogen and oxygen atoms in total. The highest BCUT2D eigenvalue weighted by atomic mass is 35.5. The molecule has 146 valence electrons. The molecule has 0 aliphatic carbocycles. The van der Waals surface area contributed by atoms with E-state index in [0.717, 1.165) is 23.5 Å². The summed E-state index contributed by atoms with van der Waals surface area (Å²) < 4.78 is 38.3. The van der Waals surface area contributed by atoms with Gasteiger partial charge >= 0.3 is 6.18 Å². The van der Waals surface area contributed by atoms with Crippen LogP contribution in [0.1, 0.15) is 26.5 Å². The van der Waals surface area contributed by atoms with Crippen molar-refractivity contribution in [2.24, 2.45) is 0 Å². The minimum absolute atomic E-state index is 0.0262. The average Bonchev–Trinajstić information content (AvgIpc) is 3.01. The lowest BCUT2D eigenvalue weighted by Gasteiger charge is -2.09. The zero-order valence-electron chi connectivity index (χ0n) is 14.5. The molecule has 0 radical (unpaired) electrons. The topological polar surface area (TPSA) is 66.9 Å². The SMILES string of the molecule is Cc1nc(Nc2ccc(Cl)cn2)sc1C(=O)NCc1cccc(C(F)(F)F)c1. The Kier molecular flexibility index (Phi) is 5.85. The molecule has 0 atom stereocenters. The van der Waals surface area contributed by atoms with E-state index < -0.39 is 17.6 Å².